The van der Waals surface area contributed by atoms with E-state index in [1.54, 1.807) is 18.2 Å². The van der Waals surface area contributed by atoms with Crippen LogP contribution in [0.4, 0.5) is 0 Å². The molecule has 7 heteroatoms. The molecule has 0 saturated heterocycles. The summed E-state index contributed by atoms with van der Waals surface area (Å²) in [5, 5.41) is 14.5. The van der Waals surface area contributed by atoms with Crippen molar-refractivity contribution in [2.24, 2.45) is 0 Å². The van der Waals surface area contributed by atoms with Crippen LogP contribution < -0.4 is 0 Å². The first-order chi connectivity index (χ1) is 9.19. The Morgan fingerprint density at radius 3 is 2.05 bits per heavy atom. The fourth-order valence-electron chi connectivity index (χ4n) is 1.67. The van der Waals surface area contributed by atoms with Crippen LogP contribution in [-0.2, 0) is 19.4 Å². The predicted molar refractivity (Wildman–Crippen MR) is 72.0 cm³/mol. The first-order valence-corrected chi connectivity index (χ1v) is 7.23. The lowest BCUT2D eigenvalue weighted by molar-refractivity contribution is -0.136. The second-order valence-electron chi connectivity index (χ2n) is 4.19. The molecule has 0 aliphatic carbocycles. The Kier molecular flexibility index (Phi) is 4.67. The van der Waals surface area contributed by atoms with Crippen LogP contribution in [0.2, 0.25) is 0 Å². The van der Waals surface area contributed by atoms with Gasteiger partial charge in [0.15, 0.2) is 15.1 Å². The van der Waals surface area contributed by atoms with Crippen molar-refractivity contribution in [3.05, 3.63) is 48.0 Å². The number of aliphatic carboxylic acids is 2. The van der Waals surface area contributed by atoms with Gasteiger partial charge in [0, 0.05) is 0 Å². The molecule has 0 bridgehead atoms. The van der Waals surface area contributed by atoms with Crippen LogP contribution in [0.1, 0.15) is 17.7 Å². The average Bonchev–Trinajstić information content (AvgIpc) is 2.38. The van der Waals surface area contributed by atoms with Crippen molar-refractivity contribution in [1.29, 1.82) is 0 Å². The molecule has 0 radical (unpaired) electrons. The lowest BCUT2D eigenvalue weighted by Crippen LogP contribution is -2.33. The Morgan fingerprint density at radius 1 is 1.15 bits per heavy atom. The van der Waals surface area contributed by atoms with Crippen molar-refractivity contribution in [3.63, 3.8) is 0 Å². The number of hydrogen-bond acceptors (Lipinski definition) is 4. The molecule has 2 N–H and O–H groups in total. The molecule has 0 spiro atoms. The molecule has 1 aromatic carbocycles. The first kappa shape index (κ1) is 15.9. The zero-order valence-corrected chi connectivity index (χ0v) is 11.5. The van der Waals surface area contributed by atoms with Gasteiger partial charge in [-0.05, 0) is 12.5 Å². The Balaban J connectivity index is 3.44. The highest BCUT2D eigenvalue weighted by Gasteiger charge is 2.40. The van der Waals surface area contributed by atoms with Gasteiger partial charge >= 0.3 is 11.9 Å². The molecule has 1 rings (SSSR count). The third-order valence-corrected chi connectivity index (χ3v) is 5.26. The summed E-state index contributed by atoms with van der Waals surface area (Å²) >= 11 is 0. The van der Waals surface area contributed by atoms with Crippen LogP contribution in [0, 0.1) is 0 Å². The van der Waals surface area contributed by atoms with E-state index in [1.165, 1.54) is 12.1 Å². The van der Waals surface area contributed by atoms with Gasteiger partial charge in [-0.15, -0.1) is 0 Å². The molecular formula is C13H14O6S. The van der Waals surface area contributed by atoms with E-state index in [9.17, 15) is 18.0 Å². The van der Waals surface area contributed by atoms with E-state index in [0.717, 1.165) is 6.92 Å². The minimum Gasteiger partial charge on any atom is -0.480 e. The molecule has 0 aliphatic rings. The molecule has 0 fully saturated rings. The summed E-state index contributed by atoms with van der Waals surface area (Å²) in [5.41, 5.74) is -0.405. The molecule has 1 aromatic rings. The molecular weight excluding hydrogens is 284 g/mol. The summed E-state index contributed by atoms with van der Waals surface area (Å²) in [6, 6.07) is 7.56. The smallest absolute Gasteiger partial charge is 0.332 e. The second kappa shape index (κ2) is 5.87. The van der Waals surface area contributed by atoms with Crippen LogP contribution in [0.5, 0.6) is 0 Å². The Morgan fingerprint density at radius 2 is 1.65 bits per heavy atom. The zero-order chi connectivity index (χ0) is 15.5. The van der Waals surface area contributed by atoms with Gasteiger partial charge in [0.1, 0.15) is 5.25 Å². The molecule has 0 aliphatic heterocycles. The summed E-state index contributed by atoms with van der Waals surface area (Å²) in [7, 11) is -4.28. The summed E-state index contributed by atoms with van der Waals surface area (Å²) in [4.78, 5) is 22.0. The number of rotatable bonds is 6. The molecule has 0 aromatic heterocycles. The molecule has 108 valence electrons. The largest absolute Gasteiger partial charge is 0.480 e. The van der Waals surface area contributed by atoms with Crippen LogP contribution >= 0.6 is 0 Å². The van der Waals surface area contributed by atoms with Crippen LogP contribution in [0.25, 0.3) is 0 Å². The Hall–Kier alpha value is -2.15. The fourth-order valence-corrected chi connectivity index (χ4v) is 3.40. The highest BCUT2D eigenvalue weighted by molar-refractivity contribution is 7.93. The molecule has 2 unspecified atom stereocenters. The van der Waals surface area contributed by atoms with E-state index in [1.807, 2.05) is 0 Å². The topological polar surface area (TPSA) is 109 Å². The highest BCUT2D eigenvalue weighted by Crippen LogP contribution is 2.32. The molecule has 20 heavy (non-hydrogen) atoms. The van der Waals surface area contributed by atoms with Crippen molar-refractivity contribution < 1.29 is 28.2 Å². The molecule has 2 atom stereocenters. The number of carboxylic acids is 2. The van der Waals surface area contributed by atoms with Crippen molar-refractivity contribution >= 4 is 21.8 Å². The van der Waals surface area contributed by atoms with Crippen LogP contribution in [0.15, 0.2) is 42.5 Å². The Labute approximate surface area is 116 Å². The maximum absolute atomic E-state index is 12.3. The lowest BCUT2D eigenvalue weighted by Gasteiger charge is -2.20. The number of carboxylic acid groups (broad SMARTS) is 2. The van der Waals surface area contributed by atoms with Crippen molar-refractivity contribution in [2.75, 3.05) is 0 Å². The SMILES string of the molecule is C=C(C(=O)O)C(c1ccccc1)S(=O)(=O)C(C)C(=O)O. The number of sulfone groups is 1. The van der Waals surface area contributed by atoms with E-state index in [0.29, 0.717) is 0 Å². The van der Waals surface area contributed by atoms with Crippen LogP contribution in [0.3, 0.4) is 0 Å². The lowest BCUT2D eigenvalue weighted by atomic mass is 10.1. The summed E-state index contributed by atoms with van der Waals surface area (Å²) in [5.74, 6) is -3.02. The average molecular weight is 298 g/mol. The maximum Gasteiger partial charge on any atom is 0.332 e. The van der Waals surface area contributed by atoms with Crippen molar-refractivity contribution in [3.8, 4) is 0 Å². The van der Waals surface area contributed by atoms with Gasteiger partial charge in [0.2, 0.25) is 0 Å². The normalized spacial score (nSPS) is 14.2. The Bertz CT molecular complexity index is 632. The van der Waals surface area contributed by atoms with E-state index >= 15 is 0 Å². The van der Waals surface area contributed by atoms with E-state index in [-0.39, 0.29) is 5.56 Å². The van der Waals surface area contributed by atoms with Gasteiger partial charge in [0.25, 0.3) is 0 Å². The van der Waals surface area contributed by atoms with Gasteiger partial charge < -0.3 is 10.2 Å². The van der Waals surface area contributed by atoms with Gasteiger partial charge in [0.05, 0.1) is 5.57 Å². The van der Waals surface area contributed by atoms with Gasteiger partial charge in [-0.3, -0.25) is 4.79 Å². The molecule has 6 nitrogen and oxygen atoms in total. The number of benzene rings is 1. The quantitative estimate of drug-likeness (QED) is 0.765. The van der Waals surface area contributed by atoms with Gasteiger partial charge in [-0.25, -0.2) is 13.2 Å². The third kappa shape index (κ3) is 3.05. The summed E-state index contributed by atoms with van der Waals surface area (Å²) < 4.78 is 24.6. The first-order valence-electron chi connectivity index (χ1n) is 5.62. The molecule has 0 saturated carbocycles. The highest BCUT2D eigenvalue weighted by atomic mass is 32.2. The standard InChI is InChI=1S/C13H14O6S/c1-8(12(14)15)11(10-6-4-3-5-7-10)20(18,19)9(2)13(16)17/h3-7,9,11H,1H2,2H3,(H,14,15)(H,16,17). The third-order valence-electron chi connectivity index (χ3n) is 2.86. The fraction of sp³-hybridized carbons (Fsp3) is 0.231. The van der Waals surface area contributed by atoms with E-state index in [2.05, 4.69) is 6.58 Å². The van der Waals surface area contributed by atoms with Gasteiger partial charge in [-0.2, -0.15) is 0 Å². The maximum atomic E-state index is 12.3. The summed E-state index contributed by atoms with van der Waals surface area (Å²) in [6.45, 7) is 4.27. The minimum absolute atomic E-state index is 0.174. The number of carbonyl (C=O) groups is 2. The molecule has 0 amide bonds. The van der Waals surface area contributed by atoms with E-state index in [4.69, 9.17) is 10.2 Å². The molecule has 0 heterocycles. The van der Waals surface area contributed by atoms with Crippen molar-refractivity contribution in [1.82, 2.24) is 0 Å². The minimum atomic E-state index is -4.28. The summed E-state index contributed by atoms with van der Waals surface area (Å²) in [6.07, 6.45) is 0. The second-order valence-corrected chi connectivity index (χ2v) is 6.55. The van der Waals surface area contributed by atoms with E-state index < -0.39 is 37.8 Å². The number of hydrogen-bond donors (Lipinski definition) is 2. The van der Waals surface area contributed by atoms with Crippen molar-refractivity contribution in [2.45, 2.75) is 17.4 Å². The zero-order valence-electron chi connectivity index (χ0n) is 10.7. The monoisotopic (exact) mass is 298 g/mol. The van der Waals surface area contributed by atoms with Gasteiger partial charge in [-0.1, -0.05) is 36.9 Å². The predicted octanol–water partition coefficient (Wildman–Crippen LogP) is 1.26. The van der Waals surface area contributed by atoms with Crippen LogP contribution in [-0.4, -0.2) is 35.8 Å².